The van der Waals surface area contributed by atoms with Crippen LogP contribution in [0.25, 0.3) is 0 Å². The van der Waals surface area contributed by atoms with Gasteiger partial charge in [-0.05, 0) is 39.2 Å². The number of amides is 1. The van der Waals surface area contributed by atoms with Crippen LogP contribution in [0.5, 0.6) is 0 Å². The Morgan fingerprint density at radius 2 is 1.91 bits per heavy atom. The van der Waals surface area contributed by atoms with Crippen molar-refractivity contribution in [2.45, 2.75) is 57.4 Å². The van der Waals surface area contributed by atoms with E-state index in [4.69, 9.17) is 4.74 Å². The minimum Gasteiger partial charge on any atom is -0.444 e. The van der Waals surface area contributed by atoms with Crippen LogP contribution in [-0.2, 0) is 4.74 Å². The van der Waals surface area contributed by atoms with E-state index in [0.717, 1.165) is 18.4 Å². The molecule has 2 rings (SSSR count). The Bertz CT molecular complexity index is 478. The summed E-state index contributed by atoms with van der Waals surface area (Å²) in [6.07, 6.45) is 0.862. The third kappa shape index (κ3) is 5.31. The van der Waals surface area contributed by atoms with E-state index in [0.29, 0.717) is 12.6 Å². The number of hydrogen-bond donors (Lipinski definition) is 3. The summed E-state index contributed by atoms with van der Waals surface area (Å²) in [5.74, 6) is 0. The maximum absolute atomic E-state index is 11.6. The van der Waals surface area contributed by atoms with E-state index in [9.17, 15) is 9.90 Å². The van der Waals surface area contributed by atoms with Crippen LogP contribution in [-0.4, -0.2) is 35.4 Å². The number of rotatable bonds is 5. The quantitative estimate of drug-likeness (QED) is 0.781. The molecule has 1 fully saturated rings. The maximum Gasteiger partial charge on any atom is 0.407 e. The largest absolute Gasteiger partial charge is 0.444 e. The number of carbonyl (C=O) groups is 1. The summed E-state index contributed by atoms with van der Waals surface area (Å²) in [7, 11) is 0. The lowest BCUT2D eigenvalue weighted by Gasteiger charge is -2.37. The van der Waals surface area contributed by atoms with E-state index in [-0.39, 0.29) is 12.1 Å². The zero-order valence-corrected chi connectivity index (χ0v) is 13.5. The SMILES string of the molecule is CC(C)(C)OC(=O)NC1CC(NCC(O)c2ccccc2)C1. The van der Waals surface area contributed by atoms with Gasteiger partial charge in [0, 0.05) is 18.6 Å². The highest BCUT2D eigenvalue weighted by molar-refractivity contribution is 5.68. The van der Waals surface area contributed by atoms with Gasteiger partial charge < -0.3 is 20.5 Å². The minimum absolute atomic E-state index is 0.154. The first-order valence-electron chi connectivity index (χ1n) is 7.79. The monoisotopic (exact) mass is 306 g/mol. The van der Waals surface area contributed by atoms with Crippen molar-refractivity contribution in [1.82, 2.24) is 10.6 Å². The zero-order valence-electron chi connectivity index (χ0n) is 13.5. The minimum atomic E-state index is -0.501. The van der Waals surface area contributed by atoms with Gasteiger partial charge >= 0.3 is 6.09 Å². The second-order valence-corrected chi connectivity index (χ2v) is 6.85. The molecule has 5 nitrogen and oxygen atoms in total. The molecule has 1 amide bonds. The standard InChI is InChI=1S/C17H26N2O3/c1-17(2,3)22-16(21)19-14-9-13(10-14)18-11-15(20)12-7-5-4-6-8-12/h4-8,13-15,18,20H,9-11H2,1-3H3,(H,19,21). The van der Waals surface area contributed by atoms with Crippen LogP contribution < -0.4 is 10.6 Å². The smallest absolute Gasteiger partial charge is 0.407 e. The summed E-state index contributed by atoms with van der Waals surface area (Å²) in [5.41, 5.74) is 0.448. The number of alkyl carbamates (subject to hydrolysis) is 1. The molecule has 0 radical (unpaired) electrons. The summed E-state index contributed by atoms with van der Waals surface area (Å²) in [6.45, 7) is 6.07. The van der Waals surface area contributed by atoms with E-state index >= 15 is 0 Å². The average Bonchev–Trinajstić information content (AvgIpc) is 2.39. The lowest BCUT2D eigenvalue weighted by Crippen LogP contribution is -2.53. The fourth-order valence-corrected chi connectivity index (χ4v) is 2.45. The molecule has 0 saturated heterocycles. The fourth-order valence-electron chi connectivity index (χ4n) is 2.45. The molecule has 122 valence electrons. The van der Waals surface area contributed by atoms with Gasteiger partial charge in [0.15, 0.2) is 0 Å². The molecule has 3 N–H and O–H groups in total. The topological polar surface area (TPSA) is 70.6 Å². The lowest BCUT2D eigenvalue weighted by atomic mass is 9.86. The van der Waals surface area contributed by atoms with Crippen LogP contribution in [0.15, 0.2) is 30.3 Å². The molecule has 1 atom stereocenters. The van der Waals surface area contributed by atoms with Crippen LogP contribution in [0.4, 0.5) is 4.79 Å². The fraction of sp³-hybridized carbons (Fsp3) is 0.588. The van der Waals surface area contributed by atoms with Crippen molar-refractivity contribution in [2.75, 3.05) is 6.54 Å². The highest BCUT2D eigenvalue weighted by Gasteiger charge is 2.31. The van der Waals surface area contributed by atoms with E-state index < -0.39 is 11.7 Å². The molecular weight excluding hydrogens is 280 g/mol. The van der Waals surface area contributed by atoms with E-state index in [1.54, 1.807) is 0 Å². The van der Waals surface area contributed by atoms with Gasteiger partial charge in [0.05, 0.1) is 6.10 Å². The Hall–Kier alpha value is -1.59. The molecule has 22 heavy (non-hydrogen) atoms. The number of nitrogens with one attached hydrogen (secondary N) is 2. The van der Waals surface area contributed by atoms with Gasteiger partial charge in [0.25, 0.3) is 0 Å². The Balaban J connectivity index is 1.62. The Labute approximate surface area is 132 Å². The molecule has 1 aromatic carbocycles. The average molecular weight is 306 g/mol. The third-order valence-corrected chi connectivity index (χ3v) is 3.64. The number of carbonyl (C=O) groups excluding carboxylic acids is 1. The molecule has 1 aliphatic carbocycles. The zero-order chi connectivity index (χ0) is 16.2. The summed E-state index contributed by atoms with van der Waals surface area (Å²) >= 11 is 0. The molecule has 0 heterocycles. The number of hydrogen-bond acceptors (Lipinski definition) is 4. The van der Waals surface area contributed by atoms with Crippen molar-refractivity contribution in [3.05, 3.63) is 35.9 Å². The lowest BCUT2D eigenvalue weighted by molar-refractivity contribution is 0.0461. The van der Waals surface area contributed by atoms with Crippen LogP contribution >= 0.6 is 0 Å². The van der Waals surface area contributed by atoms with Crippen molar-refractivity contribution in [3.8, 4) is 0 Å². The molecule has 0 bridgehead atoms. The molecular formula is C17H26N2O3. The van der Waals surface area contributed by atoms with Crippen molar-refractivity contribution < 1.29 is 14.6 Å². The molecule has 0 aromatic heterocycles. The van der Waals surface area contributed by atoms with Crippen molar-refractivity contribution >= 4 is 6.09 Å². The number of aliphatic hydroxyl groups is 1. The first-order chi connectivity index (χ1) is 10.3. The highest BCUT2D eigenvalue weighted by Crippen LogP contribution is 2.21. The summed E-state index contributed by atoms with van der Waals surface area (Å²) < 4.78 is 5.22. The number of ether oxygens (including phenoxy) is 1. The van der Waals surface area contributed by atoms with Crippen LogP contribution in [0.1, 0.15) is 45.3 Å². The van der Waals surface area contributed by atoms with E-state index in [2.05, 4.69) is 10.6 Å². The molecule has 1 saturated carbocycles. The highest BCUT2D eigenvalue weighted by atomic mass is 16.6. The van der Waals surface area contributed by atoms with Crippen molar-refractivity contribution in [3.63, 3.8) is 0 Å². The maximum atomic E-state index is 11.6. The van der Waals surface area contributed by atoms with Gasteiger partial charge in [0.1, 0.15) is 5.60 Å². The Morgan fingerprint density at radius 3 is 2.50 bits per heavy atom. The molecule has 5 heteroatoms. The molecule has 1 unspecified atom stereocenters. The van der Waals surface area contributed by atoms with Crippen LogP contribution in [0, 0.1) is 0 Å². The first-order valence-corrected chi connectivity index (χ1v) is 7.79. The second kappa shape index (κ2) is 7.11. The summed E-state index contributed by atoms with van der Waals surface area (Å²) in [6, 6.07) is 10.1. The molecule has 1 aromatic rings. The van der Waals surface area contributed by atoms with E-state index in [1.165, 1.54) is 0 Å². The number of aliphatic hydroxyl groups excluding tert-OH is 1. The molecule has 0 spiro atoms. The van der Waals surface area contributed by atoms with Gasteiger partial charge in [0.2, 0.25) is 0 Å². The van der Waals surface area contributed by atoms with E-state index in [1.807, 2.05) is 51.1 Å². The van der Waals surface area contributed by atoms with Crippen molar-refractivity contribution in [2.24, 2.45) is 0 Å². The third-order valence-electron chi connectivity index (χ3n) is 3.64. The first kappa shape index (κ1) is 16.8. The predicted octanol–water partition coefficient (Wildman–Crippen LogP) is 2.37. The Morgan fingerprint density at radius 1 is 1.27 bits per heavy atom. The normalized spacial score (nSPS) is 22.5. The van der Waals surface area contributed by atoms with Gasteiger partial charge in [-0.2, -0.15) is 0 Å². The second-order valence-electron chi connectivity index (χ2n) is 6.85. The van der Waals surface area contributed by atoms with Gasteiger partial charge in [-0.3, -0.25) is 0 Å². The predicted molar refractivity (Wildman–Crippen MR) is 85.6 cm³/mol. The van der Waals surface area contributed by atoms with Gasteiger partial charge in [-0.15, -0.1) is 0 Å². The Kier molecular flexibility index (Phi) is 5.42. The number of benzene rings is 1. The molecule has 1 aliphatic rings. The van der Waals surface area contributed by atoms with Crippen LogP contribution in [0.3, 0.4) is 0 Å². The van der Waals surface area contributed by atoms with Gasteiger partial charge in [-0.1, -0.05) is 30.3 Å². The van der Waals surface area contributed by atoms with Gasteiger partial charge in [-0.25, -0.2) is 4.79 Å². The summed E-state index contributed by atoms with van der Waals surface area (Å²) in [4.78, 5) is 11.6. The van der Waals surface area contributed by atoms with Crippen LogP contribution in [0.2, 0.25) is 0 Å². The molecule has 0 aliphatic heterocycles. The van der Waals surface area contributed by atoms with Crippen molar-refractivity contribution in [1.29, 1.82) is 0 Å². The summed E-state index contributed by atoms with van der Waals surface area (Å²) in [5, 5.41) is 16.3.